The van der Waals surface area contributed by atoms with Gasteiger partial charge in [0.1, 0.15) is 11.8 Å². The summed E-state index contributed by atoms with van der Waals surface area (Å²) < 4.78 is 44.6. The number of benzene rings is 2. The normalized spacial score (nSPS) is 15.0. The van der Waals surface area contributed by atoms with Crippen LogP contribution in [0.25, 0.3) is 22.8 Å². The molecular formula is C22H18ClF3N6O4. The maximum absolute atomic E-state index is 10.6. The van der Waals surface area contributed by atoms with Crippen molar-refractivity contribution < 1.29 is 32.3 Å². The second-order valence-corrected chi connectivity index (χ2v) is 7.85. The molecule has 4 aromatic rings. The highest BCUT2D eigenvalue weighted by atomic mass is 35.5. The summed E-state index contributed by atoms with van der Waals surface area (Å²) >= 11 is 6.07. The van der Waals surface area contributed by atoms with E-state index < -0.39 is 12.1 Å². The van der Waals surface area contributed by atoms with Crippen LogP contribution in [-0.2, 0) is 11.3 Å². The minimum Gasteiger partial charge on any atom is -0.497 e. The van der Waals surface area contributed by atoms with Crippen molar-refractivity contribution in [2.24, 2.45) is 0 Å². The molecule has 1 atom stereocenters. The van der Waals surface area contributed by atoms with E-state index in [2.05, 4.69) is 30.2 Å². The zero-order valence-corrected chi connectivity index (χ0v) is 19.3. The van der Waals surface area contributed by atoms with Gasteiger partial charge in [0.15, 0.2) is 11.6 Å². The third kappa shape index (κ3) is 5.47. The Bertz CT molecular complexity index is 1360. The molecule has 10 nitrogen and oxygen atoms in total. The molecule has 5 rings (SSSR count). The average Bonchev–Trinajstić information content (AvgIpc) is 3.52. The zero-order chi connectivity index (χ0) is 25.9. The lowest BCUT2D eigenvalue weighted by atomic mass is 10.1. The van der Waals surface area contributed by atoms with Gasteiger partial charge in [-0.25, -0.2) is 4.79 Å². The van der Waals surface area contributed by atoms with Gasteiger partial charge in [-0.2, -0.15) is 18.2 Å². The number of hydrogen-bond donors (Lipinski definition) is 2. The summed E-state index contributed by atoms with van der Waals surface area (Å²) in [6.45, 7) is 1.48. The highest BCUT2D eigenvalue weighted by molar-refractivity contribution is 6.30. The van der Waals surface area contributed by atoms with Crippen molar-refractivity contribution in [3.63, 3.8) is 0 Å². The number of rotatable bonds is 4. The van der Waals surface area contributed by atoms with Crippen LogP contribution in [-0.4, -0.2) is 55.8 Å². The lowest BCUT2D eigenvalue weighted by Crippen LogP contribution is -2.34. The third-order valence-corrected chi connectivity index (χ3v) is 5.32. The molecule has 2 aromatic carbocycles. The molecule has 36 heavy (non-hydrogen) atoms. The van der Waals surface area contributed by atoms with E-state index in [-0.39, 0.29) is 6.04 Å². The predicted octanol–water partition coefficient (Wildman–Crippen LogP) is 3.98. The number of methoxy groups -OCH3 is 1. The molecule has 0 saturated carbocycles. The Balaban J connectivity index is 0.000000384. The van der Waals surface area contributed by atoms with E-state index in [4.69, 9.17) is 30.8 Å². The average molecular weight is 523 g/mol. The Hall–Kier alpha value is -3.97. The van der Waals surface area contributed by atoms with Crippen LogP contribution in [0.4, 0.5) is 13.2 Å². The van der Waals surface area contributed by atoms with Gasteiger partial charge in [-0.15, -0.1) is 10.2 Å². The van der Waals surface area contributed by atoms with E-state index in [1.165, 1.54) is 0 Å². The van der Waals surface area contributed by atoms with Crippen molar-refractivity contribution in [1.82, 2.24) is 30.2 Å². The van der Waals surface area contributed by atoms with Gasteiger partial charge in [0, 0.05) is 29.2 Å². The van der Waals surface area contributed by atoms with Gasteiger partial charge in [-0.1, -0.05) is 28.9 Å². The van der Waals surface area contributed by atoms with Gasteiger partial charge < -0.3 is 18.9 Å². The van der Waals surface area contributed by atoms with Crippen molar-refractivity contribution in [3.8, 4) is 28.5 Å². The first-order chi connectivity index (χ1) is 17.2. The number of aromatic nitrogens is 5. The number of hydrogen-bond acceptors (Lipinski definition) is 8. The Kier molecular flexibility index (Phi) is 7.22. The van der Waals surface area contributed by atoms with Gasteiger partial charge >= 0.3 is 12.1 Å². The first-order valence-electron chi connectivity index (χ1n) is 10.4. The van der Waals surface area contributed by atoms with Gasteiger partial charge in [-0.3, -0.25) is 5.32 Å². The SMILES string of the molecule is COc1ccc(-c2nnc3n2CCNC3c2nc(-c3cccc(Cl)c3)no2)cc1.O=C(O)C(F)(F)F. The smallest absolute Gasteiger partial charge is 0.490 e. The molecule has 2 aromatic heterocycles. The number of carboxylic acid groups (broad SMARTS) is 1. The molecule has 1 unspecified atom stereocenters. The van der Waals surface area contributed by atoms with Gasteiger partial charge in [0.05, 0.1) is 7.11 Å². The number of aliphatic carboxylic acids is 1. The van der Waals surface area contributed by atoms with Crippen molar-refractivity contribution in [3.05, 3.63) is 65.3 Å². The number of halogens is 4. The Morgan fingerprint density at radius 2 is 1.92 bits per heavy atom. The van der Waals surface area contributed by atoms with E-state index in [1.807, 2.05) is 36.4 Å². The molecule has 0 spiro atoms. The summed E-state index contributed by atoms with van der Waals surface area (Å²) in [4.78, 5) is 13.4. The fourth-order valence-corrected chi connectivity index (χ4v) is 3.60. The number of ether oxygens (including phenoxy) is 1. The van der Waals surface area contributed by atoms with Gasteiger partial charge in [0.25, 0.3) is 5.89 Å². The maximum Gasteiger partial charge on any atom is 0.490 e. The molecule has 0 saturated heterocycles. The molecular weight excluding hydrogens is 505 g/mol. The Morgan fingerprint density at radius 1 is 1.19 bits per heavy atom. The summed E-state index contributed by atoms with van der Waals surface area (Å²) in [5.41, 5.74) is 1.76. The molecule has 0 aliphatic carbocycles. The van der Waals surface area contributed by atoms with Crippen LogP contribution in [0.15, 0.2) is 53.1 Å². The lowest BCUT2D eigenvalue weighted by molar-refractivity contribution is -0.192. The molecule has 1 aliphatic rings. The molecule has 0 amide bonds. The van der Waals surface area contributed by atoms with Crippen molar-refractivity contribution >= 4 is 17.6 Å². The van der Waals surface area contributed by atoms with E-state index in [0.717, 1.165) is 41.6 Å². The van der Waals surface area contributed by atoms with Crippen LogP contribution < -0.4 is 10.1 Å². The number of nitrogens with zero attached hydrogens (tertiary/aromatic N) is 5. The monoisotopic (exact) mass is 522 g/mol. The lowest BCUT2D eigenvalue weighted by Gasteiger charge is -2.22. The fraction of sp³-hybridized carbons (Fsp3) is 0.227. The fourth-order valence-electron chi connectivity index (χ4n) is 3.41. The van der Waals surface area contributed by atoms with Gasteiger partial charge in [-0.05, 0) is 36.4 Å². The summed E-state index contributed by atoms with van der Waals surface area (Å²) in [5.74, 6) is 0.497. The van der Waals surface area contributed by atoms with E-state index in [1.54, 1.807) is 19.2 Å². The molecule has 0 bridgehead atoms. The van der Waals surface area contributed by atoms with Crippen molar-refractivity contribution in [1.29, 1.82) is 0 Å². The maximum atomic E-state index is 10.6. The first kappa shape index (κ1) is 25.1. The number of fused-ring (bicyclic) bond motifs is 1. The number of alkyl halides is 3. The second kappa shape index (κ2) is 10.3. The predicted molar refractivity (Wildman–Crippen MR) is 120 cm³/mol. The summed E-state index contributed by atoms with van der Waals surface area (Å²) in [7, 11) is 1.65. The highest BCUT2D eigenvalue weighted by Crippen LogP contribution is 2.29. The number of carboxylic acids is 1. The summed E-state index contributed by atoms with van der Waals surface area (Å²) in [6.07, 6.45) is -5.08. The van der Waals surface area contributed by atoms with Crippen LogP contribution in [0.1, 0.15) is 17.8 Å². The second-order valence-electron chi connectivity index (χ2n) is 7.42. The topological polar surface area (TPSA) is 128 Å². The van der Waals surface area contributed by atoms with Crippen molar-refractivity contribution in [2.75, 3.05) is 13.7 Å². The molecule has 188 valence electrons. The zero-order valence-electron chi connectivity index (χ0n) is 18.5. The molecule has 0 fully saturated rings. The molecule has 1 aliphatic heterocycles. The number of nitrogens with one attached hydrogen (secondary N) is 1. The quantitative estimate of drug-likeness (QED) is 0.409. The third-order valence-electron chi connectivity index (χ3n) is 5.08. The minimum absolute atomic E-state index is 0.330. The first-order valence-corrected chi connectivity index (χ1v) is 10.8. The Morgan fingerprint density at radius 3 is 2.56 bits per heavy atom. The molecule has 0 radical (unpaired) electrons. The van der Waals surface area contributed by atoms with Crippen molar-refractivity contribution in [2.45, 2.75) is 18.8 Å². The number of carbonyl (C=O) groups is 1. The van der Waals surface area contributed by atoms with Crippen LogP contribution in [0.3, 0.4) is 0 Å². The van der Waals surface area contributed by atoms with Crippen LogP contribution >= 0.6 is 11.6 Å². The largest absolute Gasteiger partial charge is 0.497 e. The van der Waals surface area contributed by atoms with E-state index >= 15 is 0 Å². The van der Waals surface area contributed by atoms with Gasteiger partial charge in [0.2, 0.25) is 5.82 Å². The van der Waals surface area contributed by atoms with E-state index in [0.29, 0.717) is 16.7 Å². The molecule has 14 heteroatoms. The van der Waals surface area contributed by atoms with Crippen LogP contribution in [0, 0.1) is 0 Å². The highest BCUT2D eigenvalue weighted by Gasteiger charge is 2.38. The summed E-state index contributed by atoms with van der Waals surface area (Å²) in [5, 5.41) is 24.0. The Labute approximate surface area is 206 Å². The minimum atomic E-state index is -5.08. The van der Waals surface area contributed by atoms with E-state index in [9.17, 15) is 13.2 Å². The standard InChI is InChI=1S/C20H17ClN6O2.C2HF3O2/c1-28-15-7-5-12(6-8-15)18-24-25-19-16(22-9-10-27(18)19)20-23-17(26-29-20)13-3-2-4-14(21)11-13;3-2(4,5)1(6)7/h2-8,11,16,22H,9-10H2,1H3;(H,6,7). The molecule has 2 N–H and O–H groups in total. The summed E-state index contributed by atoms with van der Waals surface area (Å²) in [6, 6.07) is 14.8. The van der Waals surface area contributed by atoms with Crippen LogP contribution in [0.2, 0.25) is 5.02 Å². The molecule has 3 heterocycles. The van der Waals surface area contributed by atoms with Crippen LogP contribution in [0.5, 0.6) is 5.75 Å².